The molecule has 0 spiro atoms. The number of para-hydroxylation sites is 1. The van der Waals surface area contributed by atoms with Crippen LogP contribution in [-0.2, 0) is 4.79 Å². The topological polar surface area (TPSA) is 66.0 Å². The lowest BCUT2D eigenvalue weighted by Crippen LogP contribution is -2.38. The van der Waals surface area contributed by atoms with Crippen LogP contribution >= 0.6 is 24.0 Å². The maximum absolute atomic E-state index is 12.0. The Bertz CT molecular complexity index is 583. The number of hydrogen-bond donors (Lipinski definition) is 2. The largest absolute Gasteiger partial charge is 0.494 e. The first-order chi connectivity index (χ1) is 13.8. The summed E-state index contributed by atoms with van der Waals surface area (Å²) in [5, 5.41) is 6.66. The number of nitrogens with zero attached hydrogens (tertiary/aromatic N) is 2. The van der Waals surface area contributed by atoms with Crippen molar-refractivity contribution in [2.45, 2.75) is 51.9 Å². The summed E-state index contributed by atoms with van der Waals surface area (Å²) in [6, 6.07) is 9.92. The number of guanidine groups is 1. The van der Waals surface area contributed by atoms with Gasteiger partial charge in [-0.25, -0.2) is 0 Å². The molecule has 0 bridgehead atoms. The molecule has 2 N–H and O–H groups in total. The van der Waals surface area contributed by atoms with Crippen LogP contribution in [-0.4, -0.2) is 56.1 Å². The fraction of sp³-hybridized carbons (Fsp3) is 0.636. The number of nitrogens with one attached hydrogen (secondary N) is 2. The predicted octanol–water partition coefficient (Wildman–Crippen LogP) is 3.81. The molecule has 1 aromatic carbocycles. The first-order valence-corrected chi connectivity index (χ1v) is 10.8. The zero-order valence-corrected chi connectivity index (χ0v) is 20.0. The average Bonchev–Trinajstić information content (AvgIpc) is 2.92. The Morgan fingerprint density at radius 3 is 2.72 bits per heavy atom. The summed E-state index contributed by atoms with van der Waals surface area (Å²) in [5.74, 6) is 2.09. The molecule has 1 saturated heterocycles. The molecule has 0 saturated carbocycles. The number of benzene rings is 1. The fourth-order valence-corrected chi connectivity index (χ4v) is 3.21. The van der Waals surface area contributed by atoms with Gasteiger partial charge in [-0.2, -0.15) is 0 Å². The van der Waals surface area contributed by atoms with Crippen molar-refractivity contribution in [3.05, 3.63) is 30.3 Å². The number of carbonyl (C=O) groups is 1. The first kappa shape index (κ1) is 25.5. The highest BCUT2D eigenvalue weighted by Crippen LogP contribution is 2.11. The van der Waals surface area contributed by atoms with Crippen LogP contribution in [0, 0.1) is 0 Å². The van der Waals surface area contributed by atoms with Crippen molar-refractivity contribution < 1.29 is 9.53 Å². The lowest BCUT2D eigenvalue weighted by atomic mass is 10.2. The molecule has 29 heavy (non-hydrogen) atoms. The fourth-order valence-electron chi connectivity index (χ4n) is 3.21. The van der Waals surface area contributed by atoms with E-state index in [2.05, 4.69) is 22.5 Å². The number of amides is 1. The zero-order valence-electron chi connectivity index (χ0n) is 17.7. The van der Waals surface area contributed by atoms with Crippen LogP contribution in [0.1, 0.15) is 51.9 Å². The van der Waals surface area contributed by atoms with Crippen molar-refractivity contribution in [1.29, 1.82) is 0 Å². The average molecular weight is 516 g/mol. The van der Waals surface area contributed by atoms with E-state index in [1.165, 1.54) is 6.42 Å². The normalized spacial score (nSPS) is 14.7. The molecule has 7 heteroatoms. The smallest absolute Gasteiger partial charge is 0.222 e. The summed E-state index contributed by atoms with van der Waals surface area (Å²) < 4.78 is 5.71. The predicted molar refractivity (Wildman–Crippen MR) is 130 cm³/mol. The highest BCUT2D eigenvalue weighted by molar-refractivity contribution is 14.0. The molecule has 164 valence electrons. The van der Waals surface area contributed by atoms with Gasteiger partial charge in [0.25, 0.3) is 0 Å². The molecule has 1 fully saturated rings. The van der Waals surface area contributed by atoms with Gasteiger partial charge in [0.05, 0.1) is 6.61 Å². The lowest BCUT2D eigenvalue weighted by Gasteiger charge is -2.20. The Balaban J connectivity index is 0.00000420. The molecule has 1 aliphatic heterocycles. The summed E-state index contributed by atoms with van der Waals surface area (Å²) in [4.78, 5) is 18.7. The zero-order chi connectivity index (χ0) is 19.9. The monoisotopic (exact) mass is 516 g/mol. The first-order valence-electron chi connectivity index (χ1n) is 10.8. The highest BCUT2D eigenvalue weighted by Gasteiger charge is 2.15. The molecule has 1 aliphatic rings. The molecule has 0 aromatic heterocycles. The Morgan fingerprint density at radius 1 is 1.10 bits per heavy atom. The number of rotatable bonds is 11. The van der Waals surface area contributed by atoms with E-state index in [1.54, 1.807) is 0 Å². The van der Waals surface area contributed by atoms with E-state index in [0.717, 1.165) is 83.1 Å². The number of ether oxygens (including phenoxy) is 1. The van der Waals surface area contributed by atoms with Crippen molar-refractivity contribution in [3.63, 3.8) is 0 Å². The van der Waals surface area contributed by atoms with E-state index in [0.29, 0.717) is 12.3 Å². The molecular formula is C22H37IN4O2. The van der Waals surface area contributed by atoms with Gasteiger partial charge >= 0.3 is 0 Å². The minimum Gasteiger partial charge on any atom is -0.494 e. The molecule has 0 atom stereocenters. The quantitative estimate of drug-likeness (QED) is 0.203. The lowest BCUT2D eigenvalue weighted by molar-refractivity contribution is -0.130. The van der Waals surface area contributed by atoms with Crippen molar-refractivity contribution in [2.24, 2.45) is 4.99 Å². The van der Waals surface area contributed by atoms with Crippen LogP contribution in [0.5, 0.6) is 5.75 Å². The molecule has 0 radical (unpaired) electrons. The van der Waals surface area contributed by atoms with Gasteiger partial charge in [-0.1, -0.05) is 24.6 Å². The van der Waals surface area contributed by atoms with E-state index in [-0.39, 0.29) is 24.0 Å². The van der Waals surface area contributed by atoms with Crippen LogP contribution in [0.15, 0.2) is 35.3 Å². The molecule has 1 heterocycles. The summed E-state index contributed by atoms with van der Waals surface area (Å²) in [7, 11) is 0. The second kappa shape index (κ2) is 16.3. The van der Waals surface area contributed by atoms with E-state index in [9.17, 15) is 4.79 Å². The molecule has 6 nitrogen and oxygen atoms in total. The van der Waals surface area contributed by atoms with Gasteiger partial charge in [0.2, 0.25) is 5.91 Å². The Morgan fingerprint density at radius 2 is 1.93 bits per heavy atom. The van der Waals surface area contributed by atoms with Crippen LogP contribution in [0.4, 0.5) is 0 Å². The molecule has 1 amide bonds. The number of unbranched alkanes of at least 4 members (excludes halogenated alkanes) is 1. The number of halogens is 1. The minimum absolute atomic E-state index is 0. The number of aliphatic imine (C=N–C) groups is 1. The van der Waals surface area contributed by atoms with Crippen LogP contribution in [0.25, 0.3) is 0 Å². The molecule has 2 rings (SSSR count). The standard InChI is InChI=1S/C22H36N4O2.HI/c1-2-23-22(24-15-8-10-19-28-20-12-5-3-6-13-20)25-16-11-18-26-17-9-4-7-14-21(26)27;/h3,5-6,12-13H,2,4,7-11,14-19H2,1H3,(H2,23,24,25);1H. The van der Waals surface area contributed by atoms with Gasteiger partial charge in [0.15, 0.2) is 5.96 Å². The molecule has 0 aliphatic carbocycles. The van der Waals surface area contributed by atoms with E-state index < -0.39 is 0 Å². The molecular weight excluding hydrogens is 479 g/mol. The number of hydrogen-bond acceptors (Lipinski definition) is 3. The van der Waals surface area contributed by atoms with E-state index in [4.69, 9.17) is 4.74 Å². The van der Waals surface area contributed by atoms with E-state index in [1.807, 2.05) is 35.2 Å². The van der Waals surface area contributed by atoms with Crippen molar-refractivity contribution >= 4 is 35.8 Å². The van der Waals surface area contributed by atoms with Gasteiger partial charge in [0, 0.05) is 39.1 Å². The van der Waals surface area contributed by atoms with Gasteiger partial charge in [-0.15, -0.1) is 24.0 Å². The van der Waals surface area contributed by atoms with Gasteiger partial charge in [-0.3, -0.25) is 9.79 Å². The summed E-state index contributed by atoms with van der Waals surface area (Å²) >= 11 is 0. The molecule has 1 aromatic rings. The van der Waals surface area contributed by atoms with Crippen molar-refractivity contribution in [2.75, 3.05) is 39.3 Å². The van der Waals surface area contributed by atoms with Crippen LogP contribution in [0.3, 0.4) is 0 Å². The summed E-state index contributed by atoms with van der Waals surface area (Å²) in [6.07, 6.45) is 6.99. The summed E-state index contributed by atoms with van der Waals surface area (Å²) in [5.41, 5.74) is 0. The highest BCUT2D eigenvalue weighted by atomic mass is 127. The van der Waals surface area contributed by atoms with Crippen LogP contribution in [0.2, 0.25) is 0 Å². The third kappa shape index (κ3) is 11.3. The van der Waals surface area contributed by atoms with Gasteiger partial charge < -0.3 is 20.3 Å². The maximum Gasteiger partial charge on any atom is 0.222 e. The van der Waals surface area contributed by atoms with Crippen molar-refractivity contribution in [3.8, 4) is 5.75 Å². The minimum atomic E-state index is 0. The SMILES string of the molecule is CCNC(=NCCCN1CCCCCC1=O)NCCCCOc1ccccc1.I. The Kier molecular flexibility index (Phi) is 14.4. The van der Waals surface area contributed by atoms with Crippen LogP contribution < -0.4 is 15.4 Å². The number of carbonyl (C=O) groups excluding carboxylic acids is 1. The second-order valence-electron chi connectivity index (χ2n) is 7.10. The van der Waals surface area contributed by atoms with Gasteiger partial charge in [-0.05, 0) is 51.2 Å². The van der Waals surface area contributed by atoms with E-state index >= 15 is 0 Å². The molecule has 0 unspecified atom stereocenters. The summed E-state index contributed by atoms with van der Waals surface area (Å²) in [6.45, 7) is 6.97. The second-order valence-corrected chi connectivity index (χ2v) is 7.10. The third-order valence-electron chi connectivity index (χ3n) is 4.75. The Labute approximate surface area is 192 Å². The van der Waals surface area contributed by atoms with Crippen molar-refractivity contribution in [1.82, 2.24) is 15.5 Å². The maximum atomic E-state index is 12.0. The van der Waals surface area contributed by atoms with Gasteiger partial charge in [0.1, 0.15) is 5.75 Å². The number of likely N-dealkylation sites (tertiary alicyclic amines) is 1. The Hall–Kier alpha value is -1.51. The third-order valence-corrected chi connectivity index (χ3v) is 4.75.